The minimum atomic E-state index is -0.641. The topological polar surface area (TPSA) is 52.6 Å². The molecule has 0 N–H and O–H groups in total. The maximum Gasteiger partial charge on any atom is 0.366 e. The van der Waals surface area contributed by atoms with E-state index in [0.29, 0.717) is 11.1 Å². The summed E-state index contributed by atoms with van der Waals surface area (Å²) in [6, 6.07) is 10.7. The predicted molar refractivity (Wildman–Crippen MR) is 74.2 cm³/mol. The van der Waals surface area contributed by atoms with Crippen molar-refractivity contribution in [3.63, 3.8) is 0 Å². The minimum Gasteiger partial charge on any atom is -0.492 e. The zero-order chi connectivity index (χ0) is 15.2. The molecule has 0 aliphatic carbocycles. The van der Waals surface area contributed by atoms with Crippen LogP contribution in [0.3, 0.4) is 0 Å². The van der Waals surface area contributed by atoms with Gasteiger partial charge in [-0.05, 0) is 24.3 Å². The predicted octanol–water partition coefficient (Wildman–Crippen LogP) is -0.543. The first-order chi connectivity index (χ1) is 10.2. The third-order valence-electron chi connectivity index (χ3n) is 2.83. The Morgan fingerprint density at radius 1 is 0.810 bits per heavy atom. The number of carbonyl (C=O) groups excluding carboxylic acids is 2. The van der Waals surface area contributed by atoms with Crippen molar-refractivity contribution < 1.29 is 40.3 Å². The van der Waals surface area contributed by atoms with Crippen molar-refractivity contribution in [2.75, 3.05) is 14.2 Å². The molecule has 0 radical (unpaired) electrons. The lowest BCUT2D eigenvalue weighted by molar-refractivity contribution is -0.598. The Kier molecular flexibility index (Phi) is 5.32. The standard InChI is InChI=1S/C16H14IO4/c1-20-15-5-3-11(9-18)7-13(15)17-14-8-12(10-19)4-6-16(14)21-2/h3-10H,1-2H3/q+1. The van der Waals surface area contributed by atoms with E-state index in [1.807, 2.05) is 12.1 Å². The van der Waals surface area contributed by atoms with Gasteiger partial charge in [-0.2, -0.15) is 0 Å². The fourth-order valence-corrected chi connectivity index (χ4v) is 4.76. The Hall–Kier alpha value is -1.89. The number of rotatable bonds is 6. The molecule has 0 unspecified atom stereocenters. The first-order valence-corrected chi connectivity index (χ1v) is 8.29. The lowest BCUT2D eigenvalue weighted by Gasteiger charge is -2.02. The zero-order valence-corrected chi connectivity index (χ0v) is 13.8. The average Bonchev–Trinajstić information content (AvgIpc) is 2.54. The van der Waals surface area contributed by atoms with Crippen LogP contribution in [0.15, 0.2) is 36.4 Å². The van der Waals surface area contributed by atoms with Crippen molar-refractivity contribution in [1.29, 1.82) is 0 Å². The molecule has 5 heteroatoms. The summed E-state index contributed by atoms with van der Waals surface area (Å²) in [4.78, 5) is 21.9. The van der Waals surface area contributed by atoms with Crippen molar-refractivity contribution in [2.24, 2.45) is 0 Å². The summed E-state index contributed by atoms with van der Waals surface area (Å²) < 4.78 is 12.6. The number of aldehydes is 2. The molecule has 0 aliphatic rings. The van der Waals surface area contributed by atoms with Crippen molar-refractivity contribution in [2.45, 2.75) is 0 Å². The quantitative estimate of drug-likeness (QED) is 0.486. The highest BCUT2D eigenvalue weighted by atomic mass is 127. The van der Waals surface area contributed by atoms with Gasteiger partial charge in [0.2, 0.25) is 7.14 Å². The van der Waals surface area contributed by atoms with E-state index in [0.717, 1.165) is 31.2 Å². The van der Waals surface area contributed by atoms with Gasteiger partial charge in [-0.15, -0.1) is 0 Å². The van der Waals surface area contributed by atoms with Crippen LogP contribution in [0.1, 0.15) is 20.7 Å². The number of hydrogen-bond donors (Lipinski definition) is 0. The summed E-state index contributed by atoms with van der Waals surface area (Å²) in [6.07, 6.45) is 1.62. The van der Waals surface area contributed by atoms with Gasteiger partial charge in [0.15, 0.2) is 11.5 Å². The van der Waals surface area contributed by atoms with Crippen LogP contribution in [-0.4, -0.2) is 26.8 Å². The second kappa shape index (κ2) is 7.21. The molecule has 0 saturated heterocycles. The first kappa shape index (κ1) is 15.5. The third kappa shape index (κ3) is 3.60. The monoisotopic (exact) mass is 397 g/mol. The Balaban J connectivity index is 2.45. The van der Waals surface area contributed by atoms with Gasteiger partial charge in [-0.3, -0.25) is 9.59 Å². The highest BCUT2D eigenvalue weighted by Crippen LogP contribution is 2.13. The van der Waals surface area contributed by atoms with E-state index >= 15 is 0 Å². The highest BCUT2D eigenvalue weighted by Gasteiger charge is 2.26. The molecule has 0 spiro atoms. The van der Waals surface area contributed by atoms with Crippen LogP contribution in [0.25, 0.3) is 0 Å². The van der Waals surface area contributed by atoms with E-state index < -0.39 is 21.2 Å². The lowest BCUT2D eigenvalue weighted by Crippen LogP contribution is -3.61. The fraction of sp³-hybridized carbons (Fsp3) is 0.125. The molecule has 0 bridgehead atoms. The molecule has 0 aromatic heterocycles. The Labute approximate surface area is 133 Å². The van der Waals surface area contributed by atoms with Crippen molar-refractivity contribution in [3.8, 4) is 11.5 Å². The largest absolute Gasteiger partial charge is 0.492 e. The molecule has 2 rings (SSSR count). The SMILES string of the molecule is COc1ccc(C=O)cc1[I+]c1cc(C=O)ccc1OC. The van der Waals surface area contributed by atoms with E-state index in [1.165, 1.54) is 0 Å². The minimum absolute atomic E-state index is 0.607. The van der Waals surface area contributed by atoms with Crippen LogP contribution in [0, 0.1) is 7.14 Å². The zero-order valence-electron chi connectivity index (χ0n) is 11.6. The average molecular weight is 397 g/mol. The molecule has 108 valence electrons. The maximum absolute atomic E-state index is 10.9. The van der Waals surface area contributed by atoms with Crippen LogP contribution >= 0.6 is 0 Å². The maximum atomic E-state index is 10.9. The van der Waals surface area contributed by atoms with Crippen LogP contribution < -0.4 is 30.7 Å². The Morgan fingerprint density at radius 3 is 1.57 bits per heavy atom. The molecule has 2 aromatic rings. The second-order valence-electron chi connectivity index (χ2n) is 4.12. The van der Waals surface area contributed by atoms with Gasteiger partial charge >= 0.3 is 21.2 Å². The molecule has 0 atom stereocenters. The summed E-state index contributed by atoms with van der Waals surface area (Å²) in [6.45, 7) is 0. The fourth-order valence-electron chi connectivity index (χ4n) is 1.77. The first-order valence-electron chi connectivity index (χ1n) is 6.13. The molecule has 0 aliphatic heterocycles. The molecular weight excluding hydrogens is 383 g/mol. The van der Waals surface area contributed by atoms with E-state index in [9.17, 15) is 9.59 Å². The summed E-state index contributed by atoms with van der Waals surface area (Å²) in [5.41, 5.74) is 1.21. The van der Waals surface area contributed by atoms with E-state index in [4.69, 9.17) is 9.47 Å². The molecule has 2 aromatic carbocycles. The number of ether oxygens (including phenoxy) is 2. The van der Waals surface area contributed by atoms with Gasteiger partial charge in [-0.1, -0.05) is 0 Å². The molecule has 0 saturated carbocycles. The Morgan fingerprint density at radius 2 is 1.24 bits per heavy atom. The van der Waals surface area contributed by atoms with Gasteiger partial charge in [0.1, 0.15) is 12.6 Å². The van der Waals surface area contributed by atoms with E-state index in [-0.39, 0.29) is 0 Å². The van der Waals surface area contributed by atoms with Gasteiger partial charge < -0.3 is 9.47 Å². The molecule has 0 heterocycles. The van der Waals surface area contributed by atoms with Gasteiger partial charge in [-0.25, -0.2) is 0 Å². The smallest absolute Gasteiger partial charge is 0.366 e. The molecule has 21 heavy (non-hydrogen) atoms. The third-order valence-corrected chi connectivity index (χ3v) is 5.68. The highest BCUT2D eigenvalue weighted by molar-refractivity contribution is 5.75. The number of methoxy groups -OCH3 is 2. The molecule has 0 amide bonds. The summed E-state index contributed by atoms with van der Waals surface area (Å²) in [7, 11) is 3.20. The van der Waals surface area contributed by atoms with Crippen LogP contribution in [0.5, 0.6) is 11.5 Å². The van der Waals surface area contributed by atoms with Crippen molar-refractivity contribution in [3.05, 3.63) is 54.7 Å². The van der Waals surface area contributed by atoms with Crippen molar-refractivity contribution in [1.82, 2.24) is 0 Å². The van der Waals surface area contributed by atoms with E-state index in [2.05, 4.69) is 0 Å². The normalized spacial score (nSPS) is 10.0. The van der Waals surface area contributed by atoms with Crippen LogP contribution in [0.2, 0.25) is 0 Å². The van der Waals surface area contributed by atoms with Gasteiger partial charge in [0.25, 0.3) is 0 Å². The van der Waals surface area contributed by atoms with Crippen molar-refractivity contribution >= 4 is 12.6 Å². The summed E-state index contributed by atoms with van der Waals surface area (Å²) >= 11 is -0.641. The van der Waals surface area contributed by atoms with Gasteiger partial charge in [0, 0.05) is 23.3 Å². The molecule has 4 nitrogen and oxygen atoms in total. The number of carbonyl (C=O) groups is 2. The van der Waals surface area contributed by atoms with E-state index in [1.54, 1.807) is 38.5 Å². The summed E-state index contributed by atoms with van der Waals surface area (Å²) in [5.74, 6) is 1.49. The number of hydrogen-bond acceptors (Lipinski definition) is 4. The second-order valence-corrected chi connectivity index (χ2v) is 6.98. The lowest BCUT2D eigenvalue weighted by atomic mass is 10.2. The molecule has 0 fully saturated rings. The van der Waals surface area contributed by atoms with Gasteiger partial charge in [0.05, 0.1) is 14.2 Å². The number of halogens is 1. The summed E-state index contributed by atoms with van der Waals surface area (Å²) in [5, 5.41) is 0. The number of benzene rings is 2. The Bertz CT molecular complexity index is 610. The molecular formula is C16H14IO4+. The van der Waals surface area contributed by atoms with Crippen LogP contribution in [0.4, 0.5) is 0 Å². The van der Waals surface area contributed by atoms with Crippen LogP contribution in [-0.2, 0) is 0 Å².